The van der Waals surface area contributed by atoms with Crippen LogP contribution in [0.2, 0.25) is 5.02 Å². The van der Waals surface area contributed by atoms with Crippen molar-refractivity contribution in [2.24, 2.45) is 5.92 Å². The van der Waals surface area contributed by atoms with Crippen molar-refractivity contribution in [1.82, 2.24) is 4.90 Å². The first-order valence-electron chi connectivity index (χ1n) is 6.62. The summed E-state index contributed by atoms with van der Waals surface area (Å²) in [5.41, 5.74) is 1.11. The fourth-order valence-electron chi connectivity index (χ4n) is 2.60. The summed E-state index contributed by atoms with van der Waals surface area (Å²) < 4.78 is 4.74. The molecule has 1 aliphatic rings. The first-order valence-corrected chi connectivity index (χ1v) is 6.99. The van der Waals surface area contributed by atoms with Gasteiger partial charge in [-0.15, -0.1) is 0 Å². The molecule has 4 nitrogen and oxygen atoms in total. The molecule has 0 N–H and O–H groups in total. The summed E-state index contributed by atoms with van der Waals surface area (Å²) in [6.07, 6.45) is 0.387. The average Bonchev–Trinajstić information content (AvgIpc) is 2.44. The number of likely N-dealkylation sites (tertiary alicyclic amines) is 1. The van der Waals surface area contributed by atoms with Crippen LogP contribution in [0.15, 0.2) is 24.3 Å². The van der Waals surface area contributed by atoms with Gasteiger partial charge in [0.25, 0.3) is 0 Å². The van der Waals surface area contributed by atoms with Gasteiger partial charge in [0, 0.05) is 30.6 Å². The van der Waals surface area contributed by atoms with Crippen molar-refractivity contribution < 1.29 is 14.3 Å². The van der Waals surface area contributed by atoms with Crippen LogP contribution >= 0.6 is 11.6 Å². The summed E-state index contributed by atoms with van der Waals surface area (Å²) in [6.45, 7) is 3.25. The predicted octanol–water partition coefficient (Wildman–Crippen LogP) is 2.29. The van der Waals surface area contributed by atoms with Crippen molar-refractivity contribution in [3.05, 3.63) is 34.9 Å². The molecule has 0 bridgehead atoms. The van der Waals surface area contributed by atoms with Crippen molar-refractivity contribution in [3.63, 3.8) is 0 Å². The lowest BCUT2D eigenvalue weighted by Crippen LogP contribution is -2.50. The third-order valence-electron chi connectivity index (χ3n) is 3.80. The highest BCUT2D eigenvalue weighted by Gasteiger charge is 2.39. The SMILES string of the molecule is COC(=O)C1C(=O)CCN(Cc2ccc(Cl)cc2)C1C. The van der Waals surface area contributed by atoms with Gasteiger partial charge >= 0.3 is 5.97 Å². The van der Waals surface area contributed by atoms with Gasteiger partial charge in [-0.2, -0.15) is 0 Å². The van der Waals surface area contributed by atoms with Crippen LogP contribution in [0.4, 0.5) is 0 Å². The molecule has 2 rings (SSSR count). The number of esters is 1. The van der Waals surface area contributed by atoms with Crippen LogP contribution in [0, 0.1) is 5.92 Å². The van der Waals surface area contributed by atoms with E-state index in [0.717, 1.165) is 5.56 Å². The first-order chi connectivity index (χ1) is 9.52. The van der Waals surface area contributed by atoms with E-state index < -0.39 is 11.9 Å². The molecule has 0 saturated carbocycles. The molecule has 0 aliphatic carbocycles. The summed E-state index contributed by atoms with van der Waals surface area (Å²) >= 11 is 5.87. The normalized spacial score (nSPS) is 23.6. The predicted molar refractivity (Wildman–Crippen MR) is 76.5 cm³/mol. The third-order valence-corrected chi connectivity index (χ3v) is 4.06. The number of ketones is 1. The summed E-state index contributed by atoms with van der Waals surface area (Å²) in [7, 11) is 1.32. The van der Waals surface area contributed by atoms with Gasteiger partial charge in [-0.1, -0.05) is 23.7 Å². The van der Waals surface area contributed by atoms with Crippen LogP contribution in [0.1, 0.15) is 18.9 Å². The smallest absolute Gasteiger partial charge is 0.317 e. The van der Waals surface area contributed by atoms with E-state index >= 15 is 0 Å². The number of benzene rings is 1. The summed E-state index contributed by atoms with van der Waals surface area (Å²) in [6, 6.07) is 7.44. The Morgan fingerprint density at radius 3 is 2.65 bits per heavy atom. The zero-order chi connectivity index (χ0) is 14.7. The quantitative estimate of drug-likeness (QED) is 0.634. The molecule has 1 saturated heterocycles. The second-order valence-electron chi connectivity index (χ2n) is 5.05. The molecule has 20 heavy (non-hydrogen) atoms. The van der Waals surface area contributed by atoms with E-state index in [4.69, 9.17) is 16.3 Å². The number of hydrogen-bond donors (Lipinski definition) is 0. The van der Waals surface area contributed by atoms with Crippen LogP contribution in [-0.2, 0) is 20.9 Å². The minimum Gasteiger partial charge on any atom is -0.468 e. The topological polar surface area (TPSA) is 46.6 Å². The number of Topliss-reactive ketones (excluding diaryl/α,β-unsaturated/α-hetero) is 1. The van der Waals surface area contributed by atoms with E-state index in [-0.39, 0.29) is 11.8 Å². The Balaban J connectivity index is 2.10. The molecule has 0 spiro atoms. The molecular weight excluding hydrogens is 278 g/mol. The van der Waals surface area contributed by atoms with E-state index in [2.05, 4.69) is 4.90 Å². The maximum atomic E-state index is 11.9. The average molecular weight is 296 g/mol. The fraction of sp³-hybridized carbons (Fsp3) is 0.467. The number of halogens is 1. The highest BCUT2D eigenvalue weighted by molar-refractivity contribution is 6.30. The third kappa shape index (κ3) is 3.19. The Kier molecular flexibility index (Phi) is 4.78. The van der Waals surface area contributed by atoms with Gasteiger partial charge in [0.1, 0.15) is 11.7 Å². The zero-order valence-corrected chi connectivity index (χ0v) is 12.4. The highest BCUT2D eigenvalue weighted by Crippen LogP contribution is 2.24. The van der Waals surface area contributed by atoms with Crippen LogP contribution in [0.25, 0.3) is 0 Å². The van der Waals surface area contributed by atoms with Gasteiger partial charge in [0.05, 0.1) is 7.11 Å². The molecule has 0 aromatic heterocycles. The fourth-order valence-corrected chi connectivity index (χ4v) is 2.72. The Morgan fingerprint density at radius 2 is 2.05 bits per heavy atom. The van der Waals surface area contributed by atoms with Crippen molar-refractivity contribution in [1.29, 1.82) is 0 Å². The van der Waals surface area contributed by atoms with Crippen LogP contribution < -0.4 is 0 Å². The first kappa shape index (κ1) is 15.0. The Labute approximate surface area is 123 Å². The molecule has 1 heterocycles. The van der Waals surface area contributed by atoms with E-state index in [1.54, 1.807) is 0 Å². The summed E-state index contributed by atoms with van der Waals surface area (Å²) in [4.78, 5) is 25.8. The number of hydrogen-bond acceptors (Lipinski definition) is 4. The Bertz CT molecular complexity index is 492. The van der Waals surface area contributed by atoms with E-state index in [1.807, 2.05) is 31.2 Å². The van der Waals surface area contributed by atoms with Crippen LogP contribution in [-0.4, -0.2) is 36.3 Å². The number of piperidine rings is 1. The maximum absolute atomic E-state index is 11.9. The lowest BCUT2D eigenvalue weighted by molar-refractivity contribution is -0.154. The van der Waals surface area contributed by atoms with Crippen molar-refractivity contribution >= 4 is 23.4 Å². The standard InChI is InChI=1S/C15H18ClNO3/c1-10-14(15(19)20-2)13(18)7-8-17(10)9-11-3-5-12(16)6-4-11/h3-6,10,14H,7-9H2,1-2H3. The molecule has 1 aromatic carbocycles. The largest absolute Gasteiger partial charge is 0.468 e. The maximum Gasteiger partial charge on any atom is 0.317 e. The lowest BCUT2D eigenvalue weighted by Gasteiger charge is -2.37. The monoisotopic (exact) mass is 295 g/mol. The molecule has 5 heteroatoms. The summed E-state index contributed by atoms with van der Waals surface area (Å²) in [5, 5.41) is 0.697. The summed E-state index contributed by atoms with van der Waals surface area (Å²) in [5.74, 6) is -1.15. The number of carbonyl (C=O) groups excluding carboxylic acids is 2. The number of carbonyl (C=O) groups is 2. The second-order valence-corrected chi connectivity index (χ2v) is 5.49. The van der Waals surface area contributed by atoms with Crippen molar-refractivity contribution in [2.45, 2.75) is 25.9 Å². The molecule has 0 amide bonds. The molecule has 2 atom stereocenters. The zero-order valence-electron chi connectivity index (χ0n) is 11.6. The van der Waals surface area contributed by atoms with Crippen LogP contribution in [0.5, 0.6) is 0 Å². The molecule has 0 radical (unpaired) electrons. The number of methoxy groups -OCH3 is 1. The lowest BCUT2D eigenvalue weighted by atomic mass is 9.88. The van der Waals surface area contributed by atoms with Gasteiger partial charge in [-0.25, -0.2) is 0 Å². The minimum absolute atomic E-state index is 0.0308. The number of ether oxygens (including phenoxy) is 1. The highest BCUT2D eigenvalue weighted by atomic mass is 35.5. The van der Waals surface area contributed by atoms with Gasteiger partial charge in [-0.3, -0.25) is 14.5 Å². The molecule has 2 unspecified atom stereocenters. The number of rotatable bonds is 3. The molecule has 1 fully saturated rings. The van der Waals surface area contributed by atoms with Crippen molar-refractivity contribution in [3.8, 4) is 0 Å². The Hall–Kier alpha value is -1.39. The van der Waals surface area contributed by atoms with Gasteiger partial charge in [0.15, 0.2) is 0 Å². The molecule has 1 aromatic rings. The molecule has 108 valence electrons. The molecular formula is C15H18ClNO3. The second kappa shape index (κ2) is 6.37. The van der Waals surface area contributed by atoms with Gasteiger partial charge in [-0.05, 0) is 24.6 Å². The van der Waals surface area contributed by atoms with Gasteiger partial charge < -0.3 is 4.74 Å². The van der Waals surface area contributed by atoms with Crippen molar-refractivity contribution in [2.75, 3.05) is 13.7 Å². The van der Waals surface area contributed by atoms with E-state index in [9.17, 15) is 9.59 Å². The molecule has 1 aliphatic heterocycles. The van der Waals surface area contributed by atoms with Crippen LogP contribution in [0.3, 0.4) is 0 Å². The van der Waals surface area contributed by atoms with E-state index in [1.165, 1.54) is 7.11 Å². The Morgan fingerprint density at radius 1 is 1.40 bits per heavy atom. The van der Waals surface area contributed by atoms with Gasteiger partial charge in [0.2, 0.25) is 0 Å². The number of nitrogens with zero attached hydrogens (tertiary/aromatic N) is 1. The van der Waals surface area contributed by atoms with E-state index in [0.29, 0.717) is 24.5 Å². The minimum atomic E-state index is -0.680.